The minimum atomic E-state index is -1.62. The van der Waals surface area contributed by atoms with Crippen LogP contribution in [0.25, 0.3) is 0 Å². The van der Waals surface area contributed by atoms with Gasteiger partial charge in [0.1, 0.15) is 24.4 Å². The zero-order valence-corrected chi connectivity index (χ0v) is 52.3. The molecule has 0 aromatic heterocycles. The second-order valence-electron chi connectivity index (χ2n) is 22.8. The van der Waals surface area contributed by atoms with Crippen molar-refractivity contribution in [2.45, 2.75) is 327 Å². The number of amides is 1. The van der Waals surface area contributed by atoms with Crippen molar-refractivity contribution < 1.29 is 49.3 Å². The Labute approximate surface area is 501 Å². The third-order valence-corrected chi connectivity index (χ3v) is 15.2. The quantitative estimate of drug-likeness (QED) is 0.0195. The van der Waals surface area contributed by atoms with Gasteiger partial charge >= 0.3 is 5.97 Å². The first-order valence-corrected chi connectivity index (χ1v) is 33.5. The van der Waals surface area contributed by atoms with E-state index in [9.17, 15) is 35.1 Å². The number of esters is 1. The SMILES string of the molecule is CC/C=C\C/C=C\C/C=C\C/C=C\C/C=C\CCCCCCCCCCCCCC(=O)OC1C(OCC(NC(=O)C(O)CCCCCCCC/C=C/C/C=C/CC)C(O)/C=C/CCCCCCCCCCCCC)OC(CO)C(O)C1O. The third kappa shape index (κ3) is 45.0. The van der Waals surface area contributed by atoms with Crippen LogP contribution in [0.3, 0.4) is 0 Å². The van der Waals surface area contributed by atoms with E-state index in [4.69, 9.17) is 14.2 Å². The summed E-state index contributed by atoms with van der Waals surface area (Å²) in [7, 11) is 0. The van der Waals surface area contributed by atoms with E-state index in [1.807, 2.05) is 6.08 Å². The summed E-state index contributed by atoms with van der Waals surface area (Å²) >= 11 is 0. The van der Waals surface area contributed by atoms with Gasteiger partial charge in [0.05, 0.1) is 25.4 Å². The van der Waals surface area contributed by atoms with Crippen LogP contribution < -0.4 is 5.32 Å². The van der Waals surface area contributed by atoms with Crippen LogP contribution in [0, 0.1) is 0 Å². The molecule has 11 nitrogen and oxygen atoms in total. The first-order valence-electron chi connectivity index (χ1n) is 33.5. The summed E-state index contributed by atoms with van der Waals surface area (Å²) in [5.74, 6) is -1.21. The molecule has 6 N–H and O–H groups in total. The zero-order valence-electron chi connectivity index (χ0n) is 52.3. The second kappa shape index (κ2) is 58.0. The fourth-order valence-corrected chi connectivity index (χ4v) is 10.0. The zero-order chi connectivity index (χ0) is 59.6. The van der Waals surface area contributed by atoms with Crippen molar-refractivity contribution in [1.82, 2.24) is 5.32 Å². The van der Waals surface area contributed by atoms with Crippen LogP contribution in [0.1, 0.15) is 278 Å². The van der Waals surface area contributed by atoms with E-state index in [0.29, 0.717) is 12.8 Å². The van der Waals surface area contributed by atoms with E-state index < -0.39 is 67.4 Å². The maximum atomic E-state index is 13.4. The Hall–Kier alpha value is -3.42. The van der Waals surface area contributed by atoms with E-state index in [1.165, 1.54) is 103 Å². The van der Waals surface area contributed by atoms with Gasteiger partial charge in [-0.3, -0.25) is 9.59 Å². The van der Waals surface area contributed by atoms with Gasteiger partial charge in [0.25, 0.3) is 0 Å². The molecule has 82 heavy (non-hydrogen) atoms. The molecule has 0 aromatic carbocycles. The highest BCUT2D eigenvalue weighted by Gasteiger charge is 2.47. The summed E-state index contributed by atoms with van der Waals surface area (Å²) in [6, 6.07) is -1.03. The number of allylic oxidation sites excluding steroid dienone is 15. The lowest BCUT2D eigenvalue weighted by Crippen LogP contribution is -2.61. The number of aliphatic hydroxyl groups is 5. The summed E-state index contributed by atoms with van der Waals surface area (Å²) in [5, 5.41) is 57.1. The van der Waals surface area contributed by atoms with Gasteiger partial charge in [0, 0.05) is 6.42 Å². The Bertz CT molecular complexity index is 1700. The van der Waals surface area contributed by atoms with Gasteiger partial charge < -0.3 is 45.1 Å². The van der Waals surface area contributed by atoms with Crippen molar-refractivity contribution in [3.63, 3.8) is 0 Å². The van der Waals surface area contributed by atoms with Crippen LogP contribution in [0.15, 0.2) is 97.2 Å². The Morgan fingerprint density at radius 2 is 0.878 bits per heavy atom. The molecule has 11 heteroatoms. The molecular weight excluding hydrogens is 1030 g/mol. The Balaban J connectivity index is 2.57. The minimum absolute atomic E-state index is 0.114. The average molecular weight is 1150 g/mol. The molecule has 1 aliphatic rings. The third-order valence-electron chi connectivity index (χ3n) is 15.2. The van der Waals surface area contributed by atoms with Crippen molar-refractivity contribution in [2.24, 2.45) is 0 Å². The van der Waals surface area contributed by atoms with Crippen molar-refractivity contribution in [2.75, 3.05) is 13.2 Å². The molecule has 0 spiro atoms. The average Bonchev–Trinajstić information content (AvgIpc) is 3.57. The van der Waals surface area contributed by atoms with E-state index in [2.05, 4.69) is 111 Å². The van der Waals surface area contributed by atoms with Gasteiger partial charge in [-0.25, -0.2) is 0 Å². The molecule has 0 aromatic rings. The van der Waals surface area contributed by atoms with Gasteiger partial charge in [0.2, 0.25) is 5.91 Å². The van der Waals surface area contributed by atoms with Crippen molar-refractivity contribution in [3.8, 4) is 0 Å². The Kier molecular flexibility index (Phi) is 54.2. The molecule has 0 saturated carbocycles. The first kappa shape index (κ1) is 76.6. The largest absolute Gasteiger partial charge is 0.454 e. The van der Waals surface area contributed by atoms with E-state index in [-0.39, 0.29) is 19.4 Å². The number of ether oxygens (including phenoxy) is 3. The highest BCUT2D eigenvalue weighted by Crippen LogP contribution is 2.26. The Morgan fingerprint density at radius 3 is 1.32 bits per heavy atom. The van der Waals surface area contributed by atoms with Crippen LogP contribution in [0.5, 0.6) is 0 Å². The minimum Gasteiger partial charge on any atom is -0.454 e. The summed E-state index contributed by atoms with van der Waals surface area (Å²) < 4.78 is 17.7. The van der Waals surface area contributed by atoms with Crippen molar-refractivity contribution in [3.05, 3.63) is 97.2 Å². The molecule has 8 atom stereocenters. The molecule has 0 bridgehead atoms. The number of unbranched alkanes of at least 4 members (excludes halogenated alkanes) is 28. The molecule has 1 amide bonds. The fourth-order valence-electron chi connectivity index (χ4n) is 10.0. The van der Waals surface area contributed by atoms with Crippen molar-refractivity contribution >= 4 is 11.9 Å². The second-order valence-corrected chi connectivity index (χ2v) is 22.8. The summed E-state index contributed by atoms with van der Waals surface area (Å²) in [6.45, 7) is 5.57. The van der Waals surface area contributed by atoms with Gasteiger partial charge in [-0.1, -0.05) is 272 Å². The molecule has 8 unspecified atom stereocenters. The monoisotopic (exact) mass is 1150 g/mol. The molecule has 0 radical (unpaired) electrons. The molecule has 1 heterocycles. The summed E-state index contributed by atoms with van der Waals surface area (Å²) in [4.78, 5) is 26.6. The molecule has 1 aliphatic heterocycles. The molecule has 1 rings (SSSR count). The lowest BCUT2D eigenvalue weighted by Gasteiger charge is -2.41. The van der Waals surface area contributed by atoms with Crippen LogP contribution in [-0.4, -0.2) is 99.6 Å². The van der Waals surface area contributed by atoms with Crippen molar-refractivity contribution in [1.29, 1.82) is 0 Å². The fraction of sp³-hybridized carbons (Fsp3) is 0.746. The van der Waals surface area contributed by atoms with Gasteiger partial charge in [-0.05, 0) is 96.3 Å². The maximum absolute atomic E-state index is 13.4. The number of aliphatic hydroxyl groups excluding tert-OH is 5. The highest BCUT2D eigenvalue weighted by molar-refractivity contribution is 5.80. The molecule has 0 aliphatic carbocycles. The number of carbonyl (C=O) groups excluding carboxylic acids is 2. The standard InChI is InChI=1S/C71H123NO10/c1-4-7-10-13-16-19-22-25-26-27-28-29-30-31-32-33-34-35-36-37-38-41-44-47-50-53-56-59-66(76)82-69-68(78)67(77)65(60-73)81-71(69)80-61-62(63(74)57-54-51-48-45-42-39-23-20-17-14-11-8-5-2)72-70(79)64(75)58-55-52-49-46-43-40-24-21-18-15-12-9-6-3/h7,9-10,12,16,18-19,21,25-26,28-29,31-32,54,57,62-65,67-69,71,73-75,77-78H,4-6,8,11,13-15,17,20,22-24,27,30,33-53,55-56,58-61H2,1-3H3,(H,72,79)/b10-7-,12-9+,19-16-,21-18+,26-25-,29-28-,32-31-,57-54+. The molecule has 1 saturated heterocycles. The molecule has 472 valence electrons. The molecular formula is C71H123NO10. The van der Waals surface area contributed by atoms with Gasteiger partial charge in [-0.2, -0.15) is 0 Å². The van der Waals surface area contributed by atoms with Gasteiger partial charge in [-0.15, -0.1) is 0 Å². The Morgan fingerprint density at radius 1 is 0.488 bits per heavy atom. The van der Waals surface area contributed by atoms with E-state index in [1.54, 1.807) is 6.08 Å². The predicted molar refractivity (Wildman–Crippen MR) is 342 cm³/mol. The number of rotatable bonds is 56. The normalized spacial score (nSPS) is 19.2. The van der Waals surface area contributed by atoms with Crippen LogP contribution in [0.4, 0.5) is 0 Å². The molecule has 1 fully saturated rings. The van der Waals surface area contributed by atoms with Crippen LogP contribution in [-0.2, 0) is 23.8 Å². The predicted octanol–water partition coefficient (Wildman–Crippen LogP) is 16.7. The highest BCUT2D eigenvalue weighted by atomic mass is 16.7. The lowest BCUT2D eigenvalue weighted by molar-refractivity contribution is -0.305. The maximum Gasteiger partial charge on any atom is 0.306 e. The lowest BCUT2D eigenvalue weighted by atomic mass is 9.99. The topological polar surface area (TPSA) is 175 Å². The number of hydrogen-bond acceptors (Lipinski definition) is 10. The summed E-state index contributed by atoms with van der Waals surface area (Å²) in [5.41, 5.74) is 0. The number of carbonyl (C=O) groups is 2. The van der Waals surface area contributed by atoms with Gasteiger partial charge in [0.15, 0.2) is 12.4 Å². The number of nitrogens with one attached hydrogen (secondary N) is 1. The van der Waals surface area contributed by atoms with Crippen LogP contribution in [0.2, 0.25) is 0 Å². The first-order chi connectivity index (χ1) is 40.2. The van der Waals surface area contributed by atoms with E-state index >= 15 is 0 Å². The number of hydrogen-bond donors (Lipinski definition) is 6. The van der Waals surface area contributed by atoms with E-state index in [0.717, 1.165) is 128 Å². The van der Waals surface area contributed by atoms with Crippen LogP contribution >= 0.6 is 0 Å². The summed E-state index contributed by atoms with van der Waals surface area (Å²) in [6.07, 6.45) is 67.3. The smallest absolute Gasteiger partial charge is 0.306 e.